The monoisotopic (exact) mass is 320 g/mol. The summed E-state index contributed by atoms with van der Waals surface area (Å²) >= 11 is 0. The fraction of sp³-hybridized carbons (Fsp3) is 0.312. The van der Waals surface area contributed by atoms with E-state index in [0.717, 1.165) is 0 Å². The van der Waals surface area contributed by atoms with E-state index in [2.05, 4.69) is 10.6 Å². The molecule has 1 heterocycles. The van der Waals surface area contributed by atoms with Crippen molar-refractivity contribution in [3.63, 3.8) is 0 Å². The lowest BCUT2D eigenvalue weighted by Gasteiger charge is -2.12. The van der Waals surface area contributed by atoms with Crippen molar-refractivity contribution in [3.05, 3.63) is 42.4 Å². The minimum atomic E-state index is -0.748. The maximum absolute atomic E-state index is 11.9. The van der Waals surface area contributed by atoms with Crippen LogP contribution in [-0.2, 0) is 0 Å². The molecule has 2 amide bonds. The summed E-state index contributed by atoms with van der Waals surface area (Å²) < 4.78 is 15.4. The Labute approximate surface area is 134 Å². The van der Waals surface area contributed by atoms with Crippen molar-refractivity contribution >= 4 is 11.7 Å². The Hall–Kier alpha value is -2.67. The molecule has 1 atom stereocenters. The van der Waals surface area contributed by atoms with Crippen molar-refractivity contribution in [3.8, 4) is 11.5 Å². The van der Waals surface area contributed by atoms with Gasteiger partial charge in [-0.3, -0.25) is 0 Å². The number of anilines is 1. The van der Waals surface area contributed by atoms with Crippen molar-refractivity contribution in [2.75, 3.05) is 26.1 Å². The van der Waals surface area contributed by atoms with Gasteiger partial charge in [-0.15, -0.1) is 0 Å². The maximum atomic E-state index is 11.9. The fourth-order valence-corrected chi connectivity index (χ4v) is 2.00. The first-order valence-corrected chi connectivity index (χ1v) is 7.11. The third-order valence-corrected chi connectivity index (χ3v) is 3.18. The van der Waals surface area contributed by atoms with E-state index in [9.17, 15) is 9.90 Å². The second-order valence-electron chi connectivity index (χ2n) is 4.80. The van der Waals surface area contributed by atoms with Gasteiger partial charge in [0.05, 0.1) is 20.5 Å². The normalized spacial score (nSPS) is 11.6. The van der Waals surface area contributed by atoms with Crippen LogP contribution in [0.1, 0.15) is 18.3 Å². The lowest BCUT2D eigenvalue weighted by molar-refractivity contribution is 0.140. The average molecular weight is 320 g/mol. The minimum absolute atomic E-state index is 0.300. The molecule has 2 aromatic rings. The van der Waals surface area contributed by atoms with E-state index in [-0.39, 0.29) is 6.03 Å². The molecule has 0 spiro atoms. The van der Waals surface area contributed by atoms with Gasteiger partial charge in [-0.25, -0.2) is 4.79 Å². The van der Waals surface area contributed by atoms with Crippen molar-refractivity contribution in [2.24, 2.45) is 0 Å². The van der Waals surface area contributed by atoms with Gasteiger partial charge in [0.25, 0.3) is 0 Å². The van der Waals surface area contributed by atoms with Gasteiger partial charge >= 0.3 is 6.03 Å². The summed E-state index contributed by atoms with van der Waals surface area (Å²) in [4.78, 5) is 11.9. The zero-order chi connectivity index (χ0) is 16.7. The summed E-state index contributed by atoms with van der Waals surface area (Å²) in [7, 11) is 3.07. The molecule has 0 fully saturated rings. The topological polar surface area (TPSA) is 93.0 Å². The van der Waals surface area contributed by atoms with E-state index in [0.29, 0.717) is 35.9 Å². The van der Waals surface area contributed by atoms with Gasteiger partial charge in [0.2, 0.25) is 0 Å². The molecule has 0 saturated heterocycles. The Balaban J connectivity index is 1.82. The molecule has 0 aliphatic heterocycles. The third kappa shape index (κ3) is 4.93. The van der Waals surface area contributed by atoms with Crippen molar-refractivity contribution in [2.45, 2.75) is 12.5 Å². The molecule has 2 rings (SSSR count). The predicted octanol–water partition coefficient (Wildman–Crippen LogP) is 2.54. The van der Waals surface area contributed by atoms with E-state index in [1.165, 1.54) is 20.5 Å². The Morgan fingerprint density at radius 2 is 1.96 bits per heavy atom. The van der Waals surface area contributed by atoms with Gasteiger partial charge in [-0.1, -0.05) is 0 Å². The number of hydrogen-bond donors (Lipinski definition) is 3. The van der Waals surface area contributed by atoms with E-state index < -0.39 is 6.10 Å². The van der Waals surface area contributed by atoms with Gasteiger partial charge in [0, 0.05) is 30.4 Å². The van der Waals surface area contributed by atoms with Crippen LogP contribution in [0.15, 0.2) is 41.0 Å². The number of furan rings is 1. The Morgan fingerprint density at radius 3 is 2.52 bits per heavy atom. The van der Waals surface area contributed by atoms with Gasteiger partial charge in [0.1, 0.15) is 23.4 Å². The van der Waals surface area contributed by atoms with Crippen molar-refractivity contribution in [1.29, 1.82) is 0 Å². The van der Waals surface area contributed by atoms with Crippen LogP contribution in [0.2, 0.25) is 0 Å². The van der Waals surface area contributed by atoms with E-state index in [4.69, 9.17) is 13.9 Å². The highest BCUT2D eigenvalue weighted by atomic mass is 16.5. The van der Waals surface area contributed by atoms with E-state index in [1.807, 2.05) is 0 Å². The van der Waals surface area contributed by atoms with E-state index in [1.54, 1.807) is 30.3 Å². The third-order valence-electron chi connectivity index (χ3n) is 3.18. The van der Waals surface area contributed by atoms with Crippen LogP contribution in [0, 0.1) is 0 Å². The van der Waals surface area contributed by atoms with Crippen LogP contribution < -0.4 is 20.1 Å². The molecule has 1 aromatic heterocycles. The second kappa shape index (κ2) is 8.09. The van der Waals surface area contributed by atoms with Crippen LogP contribution in [0.3, 0.4) is 0 Å². The summed E-state index contributed by atoms with van der Waals surface area (Å²) in [6, 6.07) is 8.08. The van der Waals surface area contributed by atoms with Gasteiger partial charge < -0.3 is 29.6 Å². The molecule has 124 valence electrons. The Kier molecular flexibility index (Phi) is 5.87. The lowest BCUT2D eigenvalue weighted by atomic mass is 10.2. The Bertz CT molecular complexity index is 605. The standard InChI is InChI=1S/C16H20N2O5/c1-21-12-8-11(9-13(10-12)22-2)18-16(20)17-6-5-14(19)15-4-3-7-23-15/h3-4,7-10,14,19H,5-6H2,1-2H3,(H2,17,18,20). The largest absolute Gasteiger partial charge is 0.497 e. The number of carbonyl (C=O) groups excluding carboxylic acids is 1. The molecular formula is C16H20N2O5. The number of ether oxygens (including phenoxy) is 2. The number of urea groups is 1. The van der Waals surface area contributed by atoms with Gasteiger partial charge in [-0.2, -0.15) is 0 Å². The number of aliphatic hydroxyl groups is 1. The summed E-state index contributed by atoms with van der Waals surface area (Å²) in [5, 5.41) is 15.2. The molecule has 0 radical (unpaired) electrons. The van der Waals surface area contributed by atoms with Gasteiger partial charge in [-0.05, 0) is 18.6 Å². The van der Waals surface area contributed by atoms with Crippen LogP contribution in [0.25, 0.3) is 0 Å². The highest BCUT2D eigenvalue weighted by Crippen LogP contribution is 2.25. The molecule has 23 heavy (non-hydrogen) atoms. The summed E-state index contributed by atoms with van der Waals surface area (Å²) in [6.07, 6.45) is 1.10. The molecule has 1 unspecified atom stereocenters. The maximum Gasteiger partial charge on any atom is 0.319 e. The zero-order valence-corrected chi connectivity index (χ0v) is 13.0. The van der Waals surface area contributed by atoms with Crippen LogP contribution in [0.4, 0.5) is 10.5 Å². The number of benzene rings is 1. The first-order valence-electron chi connectivity index (χ1n) is 7.11. The highest BCUT2D eigenvalue weighted by molar-refractivity contribution is 5.89. The molecular weight excluding hydrogens is 300 g/mol. The first-order chi connectivity index (χ1) is 11.1. The SMILES string of the molecule is COc1cc(NC(=O)NCCC(O)c2ccco2)cc(OC)c1. The lowest BCUT2D eigenvalue weighted by Crippen LogP contribution is -2.30. The number of carbonyl (C=O) groups is 1. The van der Waals surface area contributed by atoms with Crippen molar-refractivity contribution < 1.29 is 23.8 Å². The summed E-state index contributed by atoms with van der Waals surface area (Å²) in [5.41, 5.74) is 0.547. The number of nitrogens with one attached hydrogen (secondary N) is 2. The molecule has 0 bridgehead atoms. The number of rotatable bonds is 7. The molecule has 0 aliphatic carbocycles. The van der Waals surface area contributed by atoms with Crippen molar-refractivity contribution in [1.82, 2.24) is 5.32 Å². The minimum Gasteiger partial charge on any atom is -0.497 e. The molecule has 0 aliphatic rings. The first kappa shape index (κ1) is 16.7. The smallest absolute Gasteiger partial charge is 0.319 e. The average Bonchev–Trinajstić information content (AvgIpc) is 3.08. The molecule has 1 aromatic carbocycles. The number of amides is 2. The highest BCUT2D eigenvalue weighted by Gasteiger charge is 2.11. The predicted molar refractivity (Wildman–Crippen MR) is 84.9 cm³/mol. The van der Waals surface area contributed by atoms with Crippen LogP contribution in [0.5, 0.6) is 11.5 Å². The number of methoxy groups -OCH3 is 2. The Morgan fingerprint density at radius 1 is 1.26 bits per heavy atom. The van der Waals surface area contributed by atoms with E-state index >= 15 is 0 Å². The molecule has 0 saturated carbocycles. The van der Waals surface area contributed by atoms with Gasteiger partial charge in [0.15, 0.2) is 0 Å². The summed E-state index contributed by atoms with van der Waals surface area (Å²) in [5.74, 6) is 1.63. The second-order valence-corrected chi connectivity index (χ2v) is 4.80. The molecule has 3 N–H and O–H groups in total. The van der Waals surface area contributed by atoms with Crippen LogP contribution in [-0.4, -0.2) is 31.9 Å². The summed E-state index contributed by atoms with van der Waals surface area (Å²) in [6.45, 7) is 0.300. The number of hydrogen-bond acceptors (Lipinski definition) is 5. The zero-order valence-electron chi connectivity index (χ0n) is 13.0. The molecule has 7 heteroatoms. The molecule has 7 nitrogen and oxygen atoms in total. The van der Waals surface area contributed by atoms with Crippen LogP contribution >= 0.6 is 0 Å². The fourth-order valence-electron chi connectivity index (χ4n) is 2.00. The number of aliphatic hydroxyl groups excluding tert-OH is 1. The quantitative estimate of drug-likeness (QED) is 0.729.